The van der Waals surface area contributed by atoms with Crippen LogP contribution in [0, 0.1) is 17.3 Å². The fourth-order valence-corrected chi connectivity index (χ4v) is 9.35. The SMILES string of the molecule is C=C[C@@H]1C[C@]1(NC(=O)[C@@H]1C[C@@H]2CN1C(=O)[C@H](C(C)(C)C)NC(=O)O[C@]1(C)C[C@H]1CC/C=C\c1cccc3c1CN(C3)C(=O)O2)C(=O)NS(=O)(=O)C1CC1. The maximum Gasteiger partial charge on any atom is 0.410 e. The molecule has 3 saturated carbocycles. The Labute approximate surface area is 310 Å². The predicted molar refractivity (Wildman–Crippen MR) is 193 cm³/mol. The molecule has 6 aliphatic rings. The molecule has 0 aromatic heterocycles. The first-order valence-electron chi connectivity index (χ1n) is 18.5. The number of nitrogens with one attached hydrogen (secondary N) is 3. The first kappa shape index (κ1) is 36.9. The zero-order chi connectivity index (χ0) is 38.1. The van der Waals surface area contributed by atoms with Gasteiger partial charge in [0.2, 0.25) is 21.8 Å². The molecule has 3 N–H and O–H groups in total. The summed E-state index contributed by atoms with van der Waals surface area (Å²) in [5, 5.41) is 4.87. The van der Waals surface area contributed by atoms with Gasteiger partial charge in [-0.3, -0.25) is 24.0 Å². The van der Waals surface area contributed by atoms with Crippen LogP contribution in [-0.4, -0.2) is 89.2 Å². The molecule has 0 radical (unpaired) electrons. The normalized spacial score (nSPS) is 33.4. The Bertz CT molecular complexity index is 1890. The molecule has 14 nitrogen and oxygen atoms in total. The largest absolute Gasteiger partial charge is 0.444 e. The van der Waals surface area contributed by atoms with Gasteiger partial charge < -0.3 is 25.0 Å². The van der Waals surface area contributed by atoms with E-state index in [1.165, 1.54) is 11.0 Å². The van der Waals surface area contributed by atoms with Crippen LogP contribution in [-0.2, 0) is 47.0 Å². The second-order valence-corrected chi connectivity index (χ2v) is 18.8. The standard InChI is InChI=1S/C38H49N5O9S/c1-6-24-18-38(24,33(46)41-53(49,50)27-14-15-27)40-31(44)29-16-26-20-43(29)32(45)30(36(2,3)4)39-34(47)52-37(5)17-25(37)13-8-7-10-22-11-9-12-23-19-42(21-28(22)23)35(48)51-26/h6-7,9-12,24-27,29-30H,1,8,13-21H2,2-5H3,(H,39,47)(H,40,44)(H,41,46)/b10-7-/t24-,25-,26-,29+,30-,37-,38-/m1/s1. The minimum atomic E-state index is -3.91. The van der Waals surface area contributed by atoms with Gasteiger partial charge >= 0.3 is 12.2 Å². The summed E-state index contributed by atoms with van der Waals surface area (Å²) in [5.41, 5.74) is -0.0624. The highest BCUT2D eigenvalue weighted by molar-refractivity contribution is 7.91. The summed E-state index contributed by atoms with van der Waals surface area (Å²) in [7, 11) is -3.91. The number of fused-ring (bicyclic) bond motifs is 4. The summed E-state index contributed by atoms with van der Waals surface area (Å²) >= 11 is 0. The minimum Gasteiger partial charge on any atom is -0.444 e. The lowest BCUT2D eigenvalue weighted by molar-refractivity contribution is -0.143. The van der Waals surface area contributed by atoms with E-state index in [0.717, 1.165) is 29.5 Å². The first-order chi connectivity index (χ1) is 24.9. The van der Waals surface area contributed by atoms with Crippen LogP contribution in [0.25, 0.3) is 6.08 Å². The van der Waals surface area contributed by atoms with Crippen LogP contribution in [0.3, 0.4) is 0 Å². The number of ether oxygens (including phenoxy) is 2. The number of carbonyl (C=O) groups is 5. The number of amides is 5. The molecule has 1 aromatic carbocycles. The van der Waals surface area contributed by atoms with Crippen molar-refractivity contribution in [1.29, 1.82) is 0 Å². The number of benzene rings is 1. The molecule has 286 valence electrons. The highest BCUT2D eigenvalue weighted by atomic mass is 32.2. The van der Waals surface area contributed by atoms with Crippen molar-refractivity contribution in [2.75, 3.05) is 6.54 Å². The van der Waals surface area contributed by atoms with Gasteiger partial charge in [0.1, 0.15) is 29.3 Å². The molecule has 4 fully saturated rings. The maximum atomic E-state index is 14.5. The van der Waals surface area contributed by atoms with Crippen molar-refractivity contribution >= 4 is 46.0 Å². The van der Waals surface area contributed by atoms with E-state index in [4.69, 9.17) is 9.47 Å². The number of hydrogen-bond acceptors (Lipinski definition) is 9. The van der Waals surface area contributed by atoms with E-state index in [-0.39, 0.29) is 25.3 Å². The zero-order valence-corrected chi connectivity index (χ0v) is 31.5. The molecule has 1 aromatic rings. The summed E-state index contributed by atoms with van der Waals surface area (Å²) in [6, 6.07) is 3.58. The van der Waals surface area contributed by atoms with Gasteiger partial charge in [-0.25, -0.2) is 18.0 Å². The Morgan fingerprint density at radius 3 is 2.53 bits per heavy atom. The second kappa shape index (κ2) is 13.2. The van der Waals surface area contributed by atoms with Gasteiger partial charge in [-0.05, 0) is 67.6 Å². The average Bonchev–Trinajstić information content (AvgIpc) is 4.04. The first-order valence-corrected chi connectivity index (χ1v) is 20.0. The molecule has 5 amide bonds. The van der Waals surface area contributed by atoms with Gasteiger partial charge in [0, 0.05) is 24.8 Å². The van der Waals surface area contributed by atoms with Crippen molar-refractivity contribution in [3.63, 3.8) is 0 Å². The fourth-order valence-electron chi connectivity index (χ4n) is 7.99. The summed E-state index contributed by atoms with van der Waals surface area (Å²) in [5.74, 6) is -2.56. The van der Waals surface area contributed by atoms with Crippen LogP contribution in [0.4, 0.5) is 9.59 Å². The average molecular weight is 752 g/mol. The van der Waals surface area contributed by atoms with Gasteiger partial charge in [0.25, 0.3) is 5.91 Å². The molecule has 3 aliphatic carbocycles. The molecule has 15 heteroatoms. The molecule has 0 spiro atoms. The van der Waals surface area contributed by atoms with E-state index in [0.29, 0.717) is 32.4 Å². The Balaban J connectivity index is 1.17. The van der Waals surface area contributed by atoms with Gasteiger partial charge in [-0.15, -0.1) is 6.58 Å². The molecule has 3 aliphatic heterocycles. The molecule has 3 heterocycles. The topological polar surface area (TPSA) is 181 Å². The number of allylic oxidation sites excluding steroid dienone is 1. The van der Waals surface area contributed by atoms with Crippen LogP contribution in [0.15, 0.2) is 36.9 Å². The summed E-state index contributed by atoms with van der Waals surface area (Å²) < 4.78 is 39.4. The van der Waals surface area contributed by atoms with Crippen molar-refractivity contribution in [2.45, 2.75) is 120 Å². The third-order valence-electron chi connectivity index (χ3n) is 11.7. The third kappa shape index (κ3) is 7.28. The van der Waals surface area contributed by atoms with E-state index in [9.17, 15) is 32.4 Å². The van der Waals surface area contributed by atoms with E-state index in [2.05, 4.69) is 34.1 Å². The zero-order valence-electron chi connectivity index (χ0n) is 30.7. The monoisotopic (exact) mass is 751 g/mol. The lowest BCUT2D eigenvalue weighted by Gasteiger charge is -2.35. The van der Waals surface area contributed by atoms with Gasteiger partial charge in [0.05, 0.1) is 18.3 Å². The van der Waals surface area contributed by atoms with Crippen molar-refractivity contribution in [3.05, 3.63) is 53.6 Å². The molecule has 7 atom stereocenters. The molecule has 53 heavy (non-hydrogen) atoms. The number of hydrogen-bond donors (Lipinski definition) is 3. The van der Waals surface area contributed by atoms with E-state index < -0.39 is 85.8 Å². The minimum absolute atomic E-state index is 0.0873. The van der Waals surface area contributed by atoms with Crippen LogP contribution >= 0.6 is 0 Å². The quantitative estimate of drug-likeness (QED) is 0.367. The lowest BCUT2D eigenvalue weighted by Crippen LogP contribution is -2.60. The van der Waals surface area contributed by atoms with Gasteiger partial charge in [-0.2, -0.15) is 0 Å². The van der Waals surface area contributed by atoms with Gasteiger partial charge in [0.15, 0.2) is 0 Å². The number of nitrogens with zero attached hydrogens (tertiary/aromatic N) is 2. The van der Waals surface area contributed by atoms with E-state index >= 15 is 0 Å². The third-order valence-corrected chi connectivity index (χ3v) is 13.5. The Kier molecular flexibility index (Phi) is 9.18. The Hall–Kier alpha value is -4.40. The summed E-state index contributed by atoms with van der Waals surface area (Å²) in [4.78, 5) is 72.1. The number of alkyl carbamates (subject to hydrolysis) is 1. The van der Waals surface area contributed by atoms with Crippen LogP contribution in [0.5, 0.6) is 0 Å². The Morgan fingerprint density at radius 1 is 1.09 bits per heavy atom. The lowest BCUT2D eigenvalue weighted by atomic mass is 9.85. The fraction of sp³-hybridized carbons (Fsp3) is 0.605. The molecular formula is C38H49N5O9S. The van der Waals surface area contributed by atoms with Crippen molar-refractivity contribution < 1.29 is 41.9 Å². The Morgan fingerprint density at radius 2 is 1.85 bits per heavy atom. The van der Waals surface area contributed by atoms with E-state index in [1.54, 1.807) is 25.7 Å². The molecular weight excluding hydrogens is 703 g/mol. The highest BCUT2D eigenvalue weighted by Crippen LogP contribution is 2.50. The van der Waals surface area contributed by atoms with E-state index in [1.807, 2.05) is 25.1 Å². The number of sulfonamides is 1. The smallest absolute Gasteiger partial charge is 0.410 e. The van der Waals surface area contributed by atoms with Gasteiger partial charge in [-0.1, -0.05) is 57.2 Å². The highest BCUT2D eigenvalue weighted by Gasteiger charge is 2.62. The van der Waals surface area contributed by atoms with Crippen LogP contribution in [0.1, 0.15) is 89.3 Å². The number of rotatable bonds is 6. The van der Waals surface area contributed by atoms with Crippen LogP contribution < -0.4 is 15.4 Å². The molecule has 4 bridgehead atoms. The number of carbonyl (C=O) groups excluding carboxylic acids is 5. The predicted octanol–water partition coefficient (Wildman–Crippen LogP) is 3.50. The molecule has 1 saturated heterocycles. The van der Waals surface area contributed by atoms with Crippen molar-refractivity contribution in [2.24, 2.45) is 17.3 Å². The summed E-state index contributed by atoms with van der Waals surface area (Å²) in [6.07, 6.45) is 6.60. The van der Waals surface area contributed by atoms with Crippen molar-refractivity contribution in [1.82, 2.24) is 25.2 Å². The molecule has 0 unspecified atom stereocenters. The maximum absolute atomic E-state index is 14.5. The molecule has 7 rings (SSSR count). The second-order valence-electron chi connectivity index (χ2n) is 16.8. The van der Waals surface area contributed by atoms with Crippen molar-refractivity contribution in [3.8, 4) is 0 Å². The van der Waals surface area contributed by atoms with Crippen LogP contribution in [0.2, 0.25) is 0 Å². The summed E-state index contributed by atoms with van der Waals surface area (Å²) in [6.45, 7) is 11.5.